The lowest BCUT2D eigenvalue weighted by Crippen LogP contribution is -2.30. The van der Waals surface area contributed by atoms with Gasteiger partial charge in [-0.3, -0.25) is 4.79 Å². The number of aromatic nitrogens is 2. The number of anilines is 1. The summed E-state index contributed by atoms with van der Waals surface area (Å²) >= 11 is 0.800. The third kappa shape index (κ3) is 4.57. The van der Waals surface area contributed by atoms with Crippen LogP contribution in [-0.2, 0) is 14.8 Å². The van der Waals surface area contributed by atoms with E-state index in [-0.39, 0.29) is 15.4 Å². The summed E-state index contributed by atoms with van der Waals surface area (Å²) in [5, 5.41) is 9.99. The zero-order valence-corrected chi connectivity index (χ0v) is 16.3. The molecule has 0 fully saturated rings. The lowest BCUT2D eigenvalue weighted by Gasteiger charge is -2.20. The van der Waals surface area contributed by atoms with Crippen molar-refractivity contribution in [2.24, 2.45) is 0 Å². The summed E-state index contributed by atoms with van der Waals surface area (Å²) in [5.41, 5.74) is 2.62. The molecule has 0 aliphatic heterocycles. The van der Waals surface area contributed by atoms with E-state index in [4.69, 9.17) is 0 Å². The first-order valence-electron chi connectivity index (χ1n) is 8.11. The largest absolute Gasteiger partial charge is 0.301 e. The summed E-state index contributed by atoms with van der Waals surface area (Å²) in [5.74, 6) is -0.342. The first-order chi connectivity index (χ1) is 12.9. The first kappa shape index (κ1) is 19.2. The Bertz CT molecular complexity index is 1050. The van der Waals surface area contributed by atoms with Crippen LogP contribution in [0.25, 0.3) is 0 Å². The van der Waals surface area contributed by atoms with E-state index in [2.05, 4.69) is 20.2 Å². The second-order valence-electron chi connectivity index (χ2n) is 5.88. The second-order valence-corrected chi connectivity index (χ2v) is 8.74. The lowest BCUT2D eigenvalue weighted by molar-refractivity contribution is -0.114. The van der Waals surface area contributed by atoms with Crippen molar-refractivity contribution in [2.75, 3.05) is 5.32 Å². The Labute approximate surface area is 161 Å². The van der Waals surface area contributed by atoms with E-state index in [0.717, 1.165) is 28.0 Å². The highest BCUT2D eigenvalue weighted by Crippen LogP contribution is 2.28. The average Bonchev–Trinajstić information content (AvgIpc) is 3.10. The maximum Gasteiger partial charge on any atom is 0.270 e. The van der Waals surface area contributed by atoms with Crippen LogP contribution in [0.5, 0.6) is 0 Å². The zero-order chi connectivity index (χ0) is 19.4. The molecule has 1 atom stereocenters. The lowest BCUT2D eigenvalue weighted by atomic mass is 9.96. The highest BCUT2D eigenvalue weighted by atomic mass is 32.2. The number of rotatable bonds is 6. The topological polar surface area (TPSA) is 101 Å². The number of carbonyl (C=O) groups excluding carboxylic acids is 1. The van der Waals surface area contributed by atoms with Gasteiger partial charge in [-0.05, 0) is 23.6 Å². The summed E-state index contributed by atoms with van der Waals surface area (Å²) < 4.78 is 28.3. The molecule has 0 aliphatic carbocycles. The number of aryl methyl sites for hydroxylation is 1. The van der Waals surface area contributed by atoms with E-state index < -0.39 is 16.1 Å². The van der Waals surface area contributed by atoms with Crippen molar-refractivity contribution in [3.8, 4) is 0 Å². The summed E-state index contributed by atoms with van der Waals surface area (Å²) in [4.78, 5) is 11.1. The van der Waals surface area contributed by atoms with E-state index in [9.17, 15) is 13.2 Å². The van der Waals surface area contributed by atoms with Gasteiger partial charge >= 0.3 is 0 Å². The zero-order valence-electron chi connectivity index (χ0n) is 14.7. The van der Waals surface area contributed by atoms with Crippen LogP contribution < -0.4 is 10.0 Å². The number of hydrogen-bond acceptors (Lipinski definition) is 6. The minimum absolute atomic E-state index is 0.134. The molecular formula is C18H18N4O3S2. The predicted octanol–water partition coefficient (Wildman–Crippen LogP) is 2.87. The maximum absolute atomic E-state index is 12.9. The Morgan fingerprint density at radius 1 is 1.04 bits per heavy atom. The highest BCUT2D eigenvalue weighted by molar-refractivity contribution is 7.91. The smallest absolute Gasteiger partial charge is 0.270 e. The molecule has 27 heavy (non-hydrogen) atoms. The Balaban J connectivity index is 1.97. The van der Waals surface area contributed by atoms with Gasteiger partial charge in [-0.1, -0.05) is 65.9 Å². The third-order valence-corrected chi connectivity index (χ3v) is 6.45. The summed E-state index contributed by atoms with van der Waals surface area (Å²) in [6.07, 6.45) is 0. The van der Waals surface area contributed by atoms with Gasteiger partial charge in [0, 0.05) is 6.92 Å². The van der Waals surface area contributed by atoms with Crippen molar-refractivity contribution in [3.63, 3.8) is 0 Å². The molecule has 1 unspecified atom stereocenters. The van der Waals surface area contributed by atoms with E-state index >= 15 is 0 Å². The van der Waals surface area contributed by atoms with Gasteiger partial charge in [0.15, 0.2) is 0 Å². The standard InChI is InChI=1S/C18H18N4O3S2/c1-12-8-6-7-11-15(12)16(14-9-4-3-5-10-14)22-27(24,25)18-21-20-17(26-18)19-13(2)23/h3-11,16,22H,1-2H3,(H,19,20,23). The SMILES string of the molecule is CC(=O)Nc1nnc(S(=O)(=O)NC(c2ccccc2)c2ccccc2C)s1. The Hall–Kier alpha value is -2.62. The molecule has 0 saturated heterocycles. The van der Waals surface area contributed by atoms with E-state index in [1.165, 1.54) is 6.92 Å². The van der Waals surface area contributed by atoms with Crippen LogP contribution in [0.4, 0.5) is 5.13 Å². The average molecular weight is 403 g/mol. The van der Waals surface area contributed by atoms with Gasteiger partial charge in [0.1, 0.15) is 0 Å². The Morgan fingerprint density at radius 3 is 2.37 bits per heavy atom. The summed E-state index contributed by atoms with van der Waals surface area (Å²) in [7, 11) is -3.94. The van der Waals surface area contributed by atoms with Gasteiger partial charge in [-0.2, -0.15) is 4.72 Å². The summed E-state index contributed by atoms with van der Waals surface area (Å²) in [6, 6.07) is 16.3. The van der Waals surface area contributed by atoms with Crippen LogP contribution >= 0.6 is 11.3 Å². The monoisotopic (exact) mass is 402 g/mol. The van der Waals surface area contributed by atoms with Crippen molar-refractivity contribution in [1.29, 1.82) is 0 Å². The van der Waals surface area contributed by atoms with Gasteiger partial charge in [0.2, 0.25) is 15.4 Å². The van der Waals surface area contributed by atoms with Crippen LogP contribution in [0.2, 0.25) is 0 Å². The number of nitrogens with one attached hydrogen (secondary N) is 2. The quantitative estimate of drug-likeness (QED) is 0.618. The fourth-order valence-corrected chi connectivity index (χ4v) is 4.76. The Morgan fingerprint density at radius 2 is 1.70 bits per heavy atom. The predicted molar refractivity (Wildman–Crippen MR) is 104 cm³/mol. The molecule has 0 radical (unpaired) electrons. The molecule has 140 valence electrons. The van der Waals surface area contributed by atoms with Gasteiger partial charge in [0.05, 0.1) is 6.04 Å². The highest BCUT2D eigenvalue weighted by Gasteiger charge is 2.27. The molecule has 2 aromatic carbocycles. The molecular weight excluding hydrogens is 384 g/mol. The molecule has 0 aliphatic rings. The number of nitrogens with zero attached hydrogens (tertiary/aromatic N) is 2. The van der Waals surface area contributed by atoms with Crippen LogP contribution in [0, 0.1) is 6.92 Å². The number of hydrogen-bond donors (Lipinski definition) is 2. The minimum Gasteiger partial charge on any atom is -0.301 e. The van der Waals surface area contributed by atoms with Gasteiger partial charge in [-0.25, -0.2) is 8.42 Å². The van der Waals surface area contributed by atoms with Crippen molar-refractivity contribution in [1.82, 2.24) is 14.9 Å². The first-order valence-corrected chi connectivity index (χ1v) is 10.4. The molecule has 3 aromatic rings. The number of carbonyl (C=O) groups is 1. The summed E-state index contributed by atoms with van der Waals surface area (Å²) in [6.45, 7) is 3.25. The normalized spacial score (nSPS) is 12.5. The van der Waals surface area contributed by atoms with E-state index in [0.29, 0.717) is 0 Å². The van der Waals surface area contributed by atoms with Gasteiger partial charge in [0.25, 0.3) is 10.0 Å². The third-order valence-electron chi connectivity index (χ3n) is 3.82. The van der Waals surface area contributed by atoms with Crippen molar-refractivity contribution >= 4 is 32.4 Å². The molecule has 3 rings (SSSR count). The molecule has 7 nitrogen and oxygen atoms in total. The van der Waals surface area contributed by atoms with E-state index in [1.54, 1.807) is 0 Å². The van der Waals surface area contributed by atoms with Gasteiger partial charge in [-0.15, -0.1) is 10.2 Å². The fourth-order valence-electron chi connectivity index (χ4n) is 2.59. The molecule has 1 amide bonds. The molecule has 0 spiro atoms. The number of sulfonamides is 1. The van der Waals surface area contributed by atoms with Crippen LogP contribution in [0.3, 0.4) is 0 Å². The van der Waals surface area contributed by atoms with Crippen LogP contribution in [0.15, 0.2) is 58.9 Å². The van der Waals surface area contributed by atoms with Crippen molar-refractivity contribution in [2.45, 2.75) is 24.2 Å². The van der Waals surface area contributed by atoms with Crippen molar-refractivity contribution in [3.05, 3.63) is 71.3 Å². The molecule has 9 heteroatoms. The van der Waals surface area contributed by atoms with Crippen molar-refractivity contribution < 1.29 is 13.2 Å². The molecule has 1 heterocycles. The van der Waals surface area contributed by atoms with E-state index in [1.807, 2.05) is 61.5 Å². The Kier molecular flexibility index (Phi) is 5.64. The molecule has 0 saturated carbocycles. The van der Waals surface area contributed by atoms with Crippen LogP contribution in [0.1, 0.15) is 29.7 Å². The fraction of sp³-hybridized carbons (Fsp3) is 0.167. The maximum atomic E-state index is 12.9. The molecule has 1 aromatic heterocycles. The van der Waals surface area contributed by atoms with Gasteiger partial charge < -0.3 is 5.32 Å². The number of benzene rings is 2. The second kappa shape index (κ2) is 7.95. The van der Waals surface area contributed by atoms with Crippen LogP contribution in [-0.4, -0.2) is 24.5 Å². The molecule has 2 N–H and O–H groups in total. The number of amides is 1. The molecule has 0 bridgehead atoms. The minimum atomic E-state index is -3.94.